The number of aryl methyl sites for hydroxylation is 2. The summed E-state index contributed by atoms with van der Waals surface area (Å²) in [5.74, 6) is -3.16. The van der Waals surface area contributed by atoms with Crippen LogP contribution in [0.15, 0.2) is 29.2 Å². The van der Waals surface area contributed by atoms with Gasteiger partial charge in [0, 0.05) is 45.9 Å². The topological polar surface area (TPSA) is 135 Å². The molecule has 0 aliphatic carbocycles. The van der Waals surface area contributed by atoms with E-state index in [0.717, 1.165) is 5.52 Å². The van der Waals surface area contributed by atoms with Gasteiger partial charge in [-0.25, -0.2) is 18.6 Å². The zero-order chi connectivity index (χ0) is 29.0. The quantitative estimate of drug-likeness (QED) is 0.348. The second kappa shape index (κ2) is 12.3. The molecule has 1 aliphatic rings. The molecule has 0 amide bonds. The fraction of sp³-hybridized carbons (Fsp3) is 0.520. The normalized spacial score (nSPS) is 17.0. The van der Waals surface area contributed by atoms with E-state index in [-0.39, 0.29) is 43.3 Å². The van der Waals surface area contributed by atoms with Crippen molar-refractivity contribution < 1.29 is 28.5 Å². The summed E-state index contributed by atoms with van der Waals surface area (Å²) in [6, 6.07) is 5.43. The average molecular weight is 571 g/mol. The highest BCUT2D eigenvalue weighted by Crippen LogP contribution is 2.35. The number of rotatable bonds is 8. The minimum absolute atomic E-state index is 0.0609. The average Bonchev–Trinajstić information content (AvgIpc) is 3.09. The number of hydrogen-bond donors (Lipinski definition) is 3. The standard InChI is InChI=1S/C24H31ClF2N6O3.CH2O2/c1-23(2,35)7-10-33-19-11-16(5-6-18(19)31(3)22(33)34)29-20-17(25)12-28-21(30-20)32-9-8-24(26,27)15(13-32)14-36-4;2-1-3/h5-6,11-12,15,35H,7-10,13-14H2,1-4H3,(H,28,29,30);1H,(H,2,3). The number of carboxylic acid groups (broad SMARTS) is 1. The van der Waals surface area contributed by atoms with Gasteiger partial charge < -0.3 is 25.2 Å². The van der Waals surface area contributed by atoms with E-state index in [1.807, 2.05) is 12.1 Å². The lowest BCUT2D eigenvalue weighted by atomic mass is 9.94. The zero-order valence-electron chi connectivity index (χ0n) is 22.2. The van der Waals surface area contributed by atoms with Gasteiger partial charge in [0.1, 0.15) is 5.02 Å². The largest absolute Gasteiger partial charge is 0.483 e. The Morgan fingerprint density at radius 2 is 2.03 bits per heavy atom. The zero-order valence-corrected chi connectivity index (χ0v) is 23.0. The van der Waals surface area contributed by atoms with Crippen molar-refractivity contribution >= 4 is 46.6 Å². The van der Waals surface area contributed by atoms with Gasteiger partial charge >= 0.3 is 5.69 Å². The Morgan fingerprint density at radius 1 is 1.33 bits per heavy atom. The summed E-state index contributed by atoms with van der Waals surface area (Å²) >= 11 is 6.35. The molecule has 1 saturated heterocycles. The third-order valence-electron chi connectivity index (χ3n) is 6.49. The van der Waals surface area contributed by atoms with Crippen molar-refractivity contribution in [1.29, 1.82) is 0 Å². The minimum atomic E-state index is -2.81. The third kappa shape index (κ3) is 7.22. The number of benzene rings is 1. The van der Waals surface area contributed by atoms with Gasteiger partial charge in [-0.15, -0.1) is 0 Å². The van der Waals surface area contributed by atoms with Gasteiger partial charge in [-0.3, -0.25) is 13.9 Å². The van der Waals surface area contributed by atoms with E-state index in [9.17, 15) is 18.7 Å². The summed E-state index contributed by atoms with van der Waals surface area (Å²) < 4.78 is 36.7. The first-order chi connectivity index (χ1) is 18.3. The van der Waals surface area contributed by atoms with Gasteiger partial charge in [-0.1, -0.05) is 11.6 Å². The first-order valence-electron chi connectivity index (χ1n) is 12.2. The summed E-state index contributed by atoms with van der Waals surface area (Å²) in [6.45, 7) is 3.61. The van der Waals surface area contributed by atoms with Crippen molar-refractivity contribution in [2.45, 2.75) is 44.8 Å². The molecule has 2 aromatic heterocycles. The van der Waals surface area contributed by atoms with Gasteiger partial charge in [0.2, 0.25) is 5.95 Å². The molecule has 0 bridgehead atoms. The van der Waals surface area contributed by atoms with Crippen LogP contribution in [0.2, 0.25) is 5.02 Å². The first-order valence-corrected chi connectivity index (χ1v) is 12.6. The Hall–Kier alpha value is -3.29. The van der Waals surface area contributed by atoms with E-state index in [2.05, 4.69) is 15.3 Å². The van der Waals surface area contributed by atoms with Gasteiger partial charge in [0.05, 0.1) is 35.4 Å². The van der Waals surface area contributed by atoms with E-state index in [0.29, 0.717) is 35.9 Å². The Kier molecular flexibility index (Phi) is 9.51. The fourth-order valence-corrected chi connectivity index (χ4v) is 4.50. The van der Waals surface area contributed by atoms with Gasteiger partial charge in [-0.05, 0) is 38.5 Å². The summed E-state index contributed by atoms with van der Waals surface area (Å²) in [5.41, 5.74) is 0.987. The molecular formula is C25H33ClF2N6O5. The number of nitrogens with zero attached hydrogens (tertiary/aromatic N) is 5. The number of aromatic nitrogens is 4. The number of methoxy groups -OCH3 is 1. The SMILES string of the molecule is COCC1CN(c2ncc(Cl)c(Nc3ccc4c(c3)n(CCC(C)(C)O)c(=O)n4C)n2)CCC1(F)F.O=CO. The summed E-state index contributed by atoms with van der Waals surface area (Å²) in [6.07, 6.45) is 1.52. The highest BCUT2D eigenvalue weighted by atomic mass is 35.5. The monoisotopic (exact) mass is 570 g/mol. The van der Waals surface area contributed by atoms with Crippen molar-refractivity contribution in [3.8, 4) is 0 Å². The number of alkyl halides is 2. The first kappa shape index (κ1) is 30.3. The fourth-order valence-electron chi connectivity index (χ4n) is 4.36. The second-order valence-corrected chi connectivity index (χ2v) is 10.4. The van der Waals surface area contributed by atoms with Crippen LogP contribution in [0.4, 0.5) is 26.2 Å². The van der Waals surface area contributed by atoms with E-state index in [4.69, 9.17) is 26.2 Å². The predicted molar refractivity (Wildman–Crippen MR) is 144 cm³/mol. The number of fused-ring (bicyclic) bond motifs is 1. The molecule has 14 heteroatoms. The van der Waals surface area contributed by atoms with E-state index < -0.39 is 17.4 Å². The molecular weight excluding hydrogens is 538 g/mol. The number of nitrogens with one attached hydrogen (secondary N) is 1. The Labute approximate surface area is 229 Å². The van der Waals surface area contributed by atoms with Crippen molar-refractivity contribution in [3.05, 3.63) is 39.9 Å². The van der Waals surface area contributed by atoms with Crippen LogP contribution in [-0.2, 0) is 23.1 Å². The summed E-state index contributed by atoms with van der Waals surface area (Å²) in [5, 5.41) is 20.4. The van der Waals surface area contributed by atoms with Crippen molar-refractivity contribution in [3.63, 3.8) is 0 Å². The van der Waals surface area contributed by atoms with Gasteiger partial charge in [0.15, 0.2) is 5.82 Å². The van der Waals surface area contributed by atoms with Crippen LogP contribution in [-0.4, -0.2) is 74.1 Å². The lowest BCUT2D eigenvalue weighted by molar-refractivity contribution is -0.122. The molecule has 1 aromatic carbocycles. The minimum Gasteiger partial charge on any atom is -0.483 e. The molecule has 0 saturated carbocycles. The molecule has 3 aromatic rings. The molecule has 1 atom stereocenters. The molecule has 0 radical (unpaired) electrons. The molecule has 3 heterocycles. The molecule has 214 valence electrons. The maximum absolute atomic E-state index is 14.3. The molecule has 39 heavy (non-hydrogen) atoms. The van der Waals surface area contributed by atoms with Crippen LogP contribution in [0.5, 0.6) is 0 Å². The third-order valence-corrected chi connectivity index (χ3v) is 6.77. The van der Waals surface area contributed by atoms with Gasteiger partial charge in [0.25, 0.3) is 12.4 Å². The number of anilines is 3. The Bertz CT molecular complexity index is 1360. The number of ether oxygens (including phenoxy) is 1. The molecule has 11 nitrogen and oxygen atoms in total. The smallest absolute Gasteiger partial charge is 0.328 e. The molecule has 0 spiro atoms. The van der Waals surface area contributed by atoms with E-state index >= 15 is 0 Å². The predicted octanol–water partition coefficient (Wildman–Crippen LogP) is 3.50. The Morgan fingerprint density at radius 3 is 2.67 bits per heavy atom. The van der Waals surface area contributed by atoms with Crippen molar-refractivity contribution in [2.24, 2.45) is 13.0 Å². The van der Waals surface area contributed by atoms with Crippen LogP contribution in [0, 0.1) is 5.92 Å². The van der Waals surface area contributed by atoms with E-state index in [1.54, 1.807) is 41.0 Å². The highest BCUT2D eigenvalue weighted by molar-refractivity contribution is 6.32. The summed E-state index contributed by atoms with van der Waals surface area (Å²) in [4.78, 5) is 31.6. The molecule has 1 unspecified atom stereocenters. The van der Waals surface area contributed by atoms with Crippen LogP contribution in [0.25, 0.3) is 11.0 Å². The molecule has 4 rings (SSSR count). The van der Waals surface area contributed by atoms with Crippen molar-refractivity contribution in [2.75, 3.05) is 37.0 Å². The van der Waals surface area contributed by atoms with Crippen molar-refractivity contribution in [1.82, 2.24) is 19.1 Å². The van der Waals surface area contributed by atoms with Crippen LogP contribution < -0.4 is 15.9 Å². The van der Waals surface area contributed by atoms with Gasteiger partial charge in [-0.2, -0.15) is 4.98 Å². The molecule has 1 aliphatic heterocycles. The maximum Gasteiger partial charge on any atom is 0.328 e. The Balaban J connectivity index is 0.00000134. The number of halogens is 3. The van der Waals surface area contributed by atoms with E-state index in [1.165, 1.54) is 13.3 Å². The molecule has 3 N–H and O–H groups in total. The number of hydrogen-bond acceptors (Lipinski definition) is 8. The number of imidazole rings is 1. The lowest BCUT2D eigenvalue weighted by Gasteiger charge is -2.38. The number of carbonyl (C=O) groups is 1. The summed E-state index contributed by atoms with van der Waals surface area (Å²) in [7, 11) is 3.11. The highest BCUT2D eigenvalue weighted by Gasteiger charge is 2.44. The maximum atomic E-state index is 14.3. The van der Waals surface area contributed by atoms with Crippen LogP contribution in [0.1, 0.15) is 26.7 Å². The van der Waals surface area contributed by atoms with Crippen LogP contribution in [0.3, 0.4) is 0 Å². The number of aliphatic hydroxyl groups is 1. The second-order valence-electron chi connectivity index (χ2n) is 9.97. The number of piperidine rings is 1. The van der Waals surface area contributed by atoms with Crippen LogP contribution >= 0.6 is 11.6 Å². The molecule has 1 fully saturated rings. The lowest BCUT2D eigenvalue weighted by Crippen LogP contribution is -2.49.